The molecule has 10 nitrogen and oxygen atoms in total. The number of hydrogen-bond acceptors (Lipinski definition) is 6. The van der Waals surface area contributed by atoms with E-state index in [1.54, 1.807) is 25.1 Å². The Labute approximate surface area is 216 Å². The average Bonchev–Trinajstić information content (AvgIpc) is 3.72. The van der Waals surface area contributed by atoms with Crippen LogP contribution in [0, 0.1) is 18.6 Å². The predicted molar refractivity (Wildman–Crippen MR) is 141 cm³/mol. The molecule has 1 aliphatic rings. The van der Waals surface area contributed by atoms with E-state index in [9.17, 15) is 22.4 Å². The number of nitrogens with zero attached hydrogens (tertiary/aromatic N) is 3. The molecule has 4 aromatic rings. The van der Waals surface area contributed by atoms with E-state index in [2.05, 4.69) is 19.9 Å². The number of fused-ring (bicyclic) bond motifs is 1. The largest absolute Gasteiger partial charge is 0.350 e. The molecule has 0 radical (unpaired) electrons. The van der Waals surface area contributed by atoms with Gasteiger partial charge in [0.25, 0.3) is 21.3 Å². The fourth-order valence-corrected chi connectivity index (χ4v) is 4.76. The first-order chi connectivity index (χ1) is 18.0. The zero-order valence-corrected chi connectivity index (χ0v) is 21.5. The van der Waals surface area contributed by atoms with Gasteiger partial charge < -0.3 is 9.88 Å². The number of aryl methyl sites for hydroxylation is 2. The van der Waals surface area contributed by atoms with Crippen molar-refractivity contribution in [3.63, 3.8) is 0 Å². The van der Waals surface area contributed by atoms with Crippen LogP contribution in [0.3, 0.4) is 0 Å². The van der Waals surface area contributed by atoms with Crippen LogP contribution < -0.4 is 25.9 Å². The van der Waals surface area contributed by atoms with Gasteiger partial charge in [-0.2, -0.15) is 17.9 Å². The Bertz CT molecular complexity index is 1830. The Morgan fingerprint density at radius 1 is 1.05 bits per heavy atom. The van der Waals surface area contributed by atoms with E-state index >= 15 is 4.39 Å². The maximum Gasteiger partial charge on any atom is 0.298 e. The van der Waals surface area contributed by atoms with Crippen molar-refractivity contribution in [1.82, 2.24) is 19.1 Å². The highest BCUT2D eigenvalue weighted by molar-refractivity contribution is 7.90. The molecule has 0 atom stereocenters. The number of hydrogen-bond donors (Lipinski definition) is 3. The molecular weight excluding hydrogens is 518 g/mol. The van der Waals surface area contributed by atoms with Gasteiger partial charge in [0.1, 0.15) is 11.5 Å². The highest BCUT2D eigenvalue weighted by Crippen LogP contribution is 2.37. The first-order valence-corrected chi connectivity index (χ1v) is 13.2. The van der Waals surface area contributed by atoms with Gasteiger partial charge in [-0.1, -0.05) is 18.2 Å². The fourth-order valence-electron chi connectivity index (χ4n) is 4.22. The zero-order valence-electron chi connectivity index (χ0n) is 20.7. The van der Waals surface area contributed by atoms with Crippen LogP contribution in [0.5, 0.6) is 0 Å². The number of nitrogens with one attached hydrogen (secondary N) is 3. The van der Waals surface area contributed by atoms with E-state index in [1.165, 1.54) is 43.0 Å². The third-order valence-electron chi connectivity index (χ3n) is 6.32. The van der Waals surface area contributed by atoms with E-state index < -0.39 is 38.6 Å². The first kappa shape index (κ1) is 25.5. The van der Waals surface area contributed by atoms with E-state index in [-0.39, 0.29) is 34.0 Å². The second-order valence-electron chi connectivity index (χ2n) is 9.10. The summed E-state index contributed by atoms with van der Waals surface area (Å²) in [5.41, 5.74) is -0.874. The van der Waals surface area contributed by atoms with E-state index in [4.69, 9.17) is 0 Å². The molecule has 3 N–H and O–H groups in total. The molecule has 38 heavy (non-hydrogen) atoms. The van der Waals surface area contributed by atoms with Crippen LogP contribution in [0.4, 0.5) is 25.8 Å². The minimum Gasteiger partial charge on any atom is -0.350 e. The van der Waals surface area contributed by atoms with Crippen molar-refractivity contribution < 1.29 is 17.2 Å². The van der Waals surface area contributed by atoms with Crippen molar-refractivity contribution in [2.24, 2.45) is 7.05 Å². The highest BCUT2D eigenvalue weighted by atomic mass is 32.2. The predicted octanol–water partition coefficient (Wildman–Crippen LogP) is 3.30. The van der Waals surface area contributed by atoms with Crippen LogP contribution in [0.2, 0.25) is 0 Å². The van der Waals surface area contributed by atoms with Crippen molar-refractivity contribution in [3.8, 4) is 11.3 Å². The summed E-state index contributed by atoms with van der Waals surface area (Å²) >= 11 is 0. The van der Waals surface area contributed by atoms with Crippen molar-refractivity contribution in [2.75, 3.05) is 17.1 Å². The number of pyridine rings is 1. The molecule has 198 valence electrons. The maximum atomic E-state index is 15.5. The molecule has 0 spiro atoms. The molecule has 0 aliphatic heterocycles. The second kappa shape index (κ2) is 9.33. The summed E-state index contributed by atoms with van der Waals surface area (Å²) in [5, 5.41) is 6.98. The number of anilines is 3. The minimum absolute atomic E-state index is 0.0157. The molecule has 2 aromatic heterocycles. The normalized spacial score (nSPS) is 13.6. The molecule has 2 heterocycles. The number of halogens is 2. The van der Waals surface area contributed by atoms with Gasteiger partial charge >= 0.3 is 0 Å². The lowest BCUT2D eigenvalue weighted by atomic mass is 10.1. The first-order valence-electron chi connectivity index (χ1n) is 11.7. The van der Waals surface area contributed by atoms with Crippen LogP contribution >= 0.6 is 0 Å². The van der Waals surface area contributed by atoms with Crippen LogP contribution in [0.1, 0.15) is 24.4 Å². The molecule has 0 saturated heterocycles. The number of rotatable bonds is 7. The lowest BCUT2D eigenvalue weighted by Gasteiger charge is -2.18. The quantitative estimate of drug-likeness (QED) is 0.329. The average molecular weight is 543 g/mol. The smallest absolute Gasteiger partial charge is 0.298 e. The van der Waals surface area contributed by atoms with Gasteiger partial charge in [-0.3, -0.25) is 14.3 Å². The van der Waals surface area contributed by atoms with Gasteiger partial charge in [0.05, 0.1) is 34.0 Å². The standard InChI is InChI=1S/C25H24F2N6O4S/c1-13-7-10-18(17(26)11-13)29-22-19-23(32(3)25(35)20(22)27)21(30-33(24(19)34)16-8-9-16)14-5-4-6-15(12-14)31-38(36,37)28-2/h4-7,10-12,16,28-29,31H,8-9H2,1-3H3. The lowest BCUT2D eigenvalue weighted by molar-refractivity contribution is 0.590. The van der Waals surface area contributed by atoms with Crippen LogP contribution in [0.25, 0.3) is 22.2 Å². The maximum absolute atomic E-state index is 15.5. The van der Waals surface area contributed by atoms with Gasteiger partial charge in [0.15, 0.2) is 0 Å². The summed E-state index contributed by atoms with van der Waals surface area (Å²) in [5.74, 6) is -1.92. The van der Waals surface area contributed by atoms with Gasteiger partial charge in [0, 0.05) is 19.7 Å². The summed E-state index contributed by atoms with van der Waals surface area (Å²) in [6, 6.07) is 10.2. The number of benzene rings is 2. The Morgan fingerprint density at radius 2 is 1.79 bits per heavy atom. The highest BCUT2D eigenvalue weighted by Gasteiger charge is 2.31. The minimum atomic E-state index is -3.83. The summed E-state index contributed by atoms with van der Waals surface area (Å²) in [6.07, 6.45) is 1.37. The lowest BCUT2D eigenvalue weighted by Crippen LogP contribution is -2.30. The van der Waals surface area contributed by atoms with Gasteiger partial charge in [-0.15, -0.1) is 0 Å². The monoisotopic (exact) mass is 542 g/mol. The SMILES string of the molecule is CNS(=O)(=O)Nc1cccc(-c2nn(C3CC3)c(=O)c3c(Nc4ccc(C)cc4F)c(F)c(=O)n(C)c23)c1. The Balaban J connectivity index is 1.82. The summed E-state index contributed by atoms with van der Waals surface area (Å²) in [6.45, 7) is 1.69. The number of aromatic nitrogens is 3. The third-order valence-corrected chi connectivity index (χ3v) is 7.36. The van der Waals surface area contributed by atoms with Crippen LogP contribution in [0.15, 0.2) is 52.1 Å². The van der Waals surface area contributed by atoms with E-state index in [0.717, 1.165) is 4.57 Å². The van der Waals surface area contributed by atoms with Crippen molar-refractivity contribution in [1.29, 1.82) is 0 Å². The zero-order chi connectivity index (χ0) is 27.4. The fraction of sp³-hybridized carbons (Fsp3) is 0.240. The summed E-state index contributed by atoms with van der Waals surface area (Å²) < 4.78 is 60.9. The molecule has 13 heteroatoms. The molecule has 1 aliphatic carbocycles. The molecule has 0 unspecified atom stereocenters. The van der Waals surface area contributed by atoms with Gasteiger partial charge in [-0.05, 0) is 49.6 Å². The third kappa shape index (κ3) is 4.54. The summed E-state index contributed by atoms with van der Waals surface area (Å²) in [7, 11) is -1.27. The Kier molecular flexibility index (Phi) is 6.27. The van der Waals surface area contributed by atoms with Crippen molar-refractivity contribution in [3.05, 3.63) is 80.4 Å². The van der Waals surface area contributed by atoms with Gasteiger partial charge in [0.2, 0.25) is 5.82 Å². The molecular formula is C25H24F2N6O4S. The van der Waals surface area contributed by atoms with E-state index in [0.29, 0.717) is 24.0 Å². The van der Waals surface area contributed by atoms with Crippen molar-refractivity contribution >= 4 is 38.2 Å². The Morgan fingerprint density at radius 3 is 2.45 bits per heavy atom. The molecule has 2 aromatic carbocycles. The Hall–Kier alpha value is -4.10. The topological polar surface area (TPSA) is 127 Å². The molecule has 1 fully saturated rings. The second-order valence-corrected chi connectivity index (χ2v) is 10.7. The van der Waals surface area contributed by atoms with Crippen LogP contribution in [-0.2, 0) is 17.3 Å². The van der Waals surface area contributed by atoms with Crippen molar-refractivity contribution in [2.45, 2.75) is 25.8 Å². The molecule has 0 amide bonds. The molecule has 0 bridgehead atoms. The van der Waals surface area contributed by atoms with E-state index in [1.807, 2.05) is 0 Å². The molecule has 1 saturated carbocycles. The van der Waals surface area contributed by atoms with Gasteiger partial charge in [-0.25, -0.2) is 13.8 Å². The van der Waals surface area contributed by atoms with Crippen LogP contribution in [-0.4, -0.2) is 29.8 Å². The molecule has 5 rings (SSSR count). The summed E-state index contributed by atoms with van der Waals surface area (Å²) in [4.78, 5) is 26.6.